The second-order valence-corrected chi connectivity index (χ2v) is 12.0. The molecular formula is C23H30BrN5O. The molecule has 1 N–H and O–H groups in total. The van der Waals surface area contributed by atoms with E-state index in [0.717, 1.165) is 46.4 Å². The summed E-state index contributed by atoms with van der Waals surface area (Å²) < 4.78 is 2.07. The Morgan fingerprint density at radius 3 is 2.67 bits per heavy atom. The Morgan fingerprint density at radius 2 is 2.00 bits per heavy atom. The van der Waals surface area contributed by atoms with Gasteiger partial charge in [0, 0.05) is 22.8 Å². The summed E-state index contributed by atoms with van der Waals surface area (Å²) in [5, 5.41) is 9.76. The number of pyridine rings is 1. The summed E-state index contributed by atoms with van der Waals surface area (Å²) >= 11 is 4.09. The van der Waals surface area contributed by atoms with E-state index < -0.39 is 0 Å². The van der Waals surface area contributed by atoms with Gasteiger partial charge in [0.25, 0.3) is 5.91 Å². The number of hydrogen-bond donors (Lipinski definition) is 1. The molecule has 0 aliphatic heterocycles. The van der Waals surface area contributed by atoms with Crippen molar-refractivity contribution in [2.24, 2.45) is 29.4 Å². The number of rotatable bonds is 4. The summed E-state index contributed by atoms with van der Waals surface area (Å²) in [6.45, 7) is 5.87. The Kier molecular flexibility index (Phi) is 4.62. The zero-order valence-electron chi connectivity index (χ0n) is 18.3. The van der Waals surface area contributed by atoms with Crippen molar-refractivity contribution < 1.29 is 4.79 Å². The monoisotopic (exact) mass is 471 g/mol. The van der Waals surface area contributed by atoms with Crippen LogP contribution in [0.15, 0.2) is 11.2 Å². The zero-order valence-corrected chi connectivity index (χ0v) is 19.8. The minimum Gasteiger partial charge on any atom is -0.267 e. The molecule has 0 saturated heterocycles. The number of aromatic nitrogens is 3. The molecule has 2 atom stereocenters. The maximum absolute atomic E-state index is 13.0. The number of amides is 1. The molecular weight excluding hydrogens is 442 g/mol. The highest BCUT2D eigenvalue weighted by atomic mass is 79.9. The fourth-order valence-electron chi connectivity index (χ4n) is 7.08. The number of carbonyl (C=O) groups excluding carboxylic acids is 1. The van der Waals surface area contributed by atoms with Gasteiger partial charge in [0.15, 0.2) is 5.65 Å². The summed E-state index contributed by atoms with van der Waals surface area (Å²) in [6, 6.07) is 1.82. The third kappa shape index (κ3) is 3.39. The first-order valence-electron chi connectivity index (χ1n) is 11.0. The molecule has 4 fully saturated rings. The van der Waals surface area contributed by atoms with Crippen molar-refractivity contribution >= 4 is 38.6 Å². The lowest BCUT2D eigenvalue weighted by Gasteiger charge is -2.60. The Labute approximate surface area is 186 Å². The topological polar surface area (TPSA) is 72.2 Å². The van der Waals surface area contributed by atoms with Crippen molar-refractivity contribution in [3.63, 3.8) is 0 Å². The Hall–Kier alpha value is -1.76. The van der Waals surface area contributed by atoms with Gasteiger partial charge in [-0.2, -0.15) is 10.2 Å². The standard InChI is InChI=1S/C23H30BrN5O/c1-13-5-18(19-15(3)28-29(4)20(19)25-13)21(30)27-26-14(2)7-22-8-16-6-17(9-22)11-23(24,10-16)12-22/h5,16-17H,6-12H2,1-4H3,(H,27,30)/b26-14+/t16-,17-,22?,23?/m1/s1. The van der Waals surface area contributed by atoms with Crippen LogP contribution in [0.1, 0.15) is 73.6 Å². The number of aryl methyl sites for hydroxylation is 3. The van der Waals surface area contributed by atoms with E-state index in [1.807, 2.05) is 27.0 Å². The van der Waals surface area contributed by atoms with Crippen LogP contribution in [0.2, 0.25) is 0 Å². The molecule has 160 valence electrons. The first kappa shape index (κ1) is 20.2. The second-order valence-electron chi connectivity index (χ2n) is 10.3. The SMILES string of the molecule is C/C(CC12C[C@H]3C[C@@H](CC(Br)(C3)C1)C2)=N\NC(=O)c1cc(C)nc2c1c(C)nn2C. The predicted octanol–water partition coefficient (Wildman–Crippen LogP) is 4.81. The fraction of sp³-hybridized carbons (Fsp3) is 0.652. The van der Waals surface area contributed by atoms with Gasteiger partial charge < -0.3 is 0 Å². The van der Waals surface area contributed by atoms with Gasteiger partial charge in [-0.3, -0.25) is 9.48 Å². The lowest BCUT2D eigenvalue weighted by atomic mass is 9.48. The molecule has 0 spiro atoms. The molecule has 0 aromatic carbocycles. The second kappa shape index (κ2) is 6.87. The lowest BCUT2D eigenvalue weighted by Crippen LogP contribution is -2.53. The molecule has 2 aromatic heterocycles. The number of fused-ring (bicyclic) bond motifs is 1. The first-order chi connectivity index (χ1) is 14.2. The summed E-state index contributed by atoms with van der Waals surface area (Å²) in [7, 11) is 1.86. The summed E-state index contributed by atoms with van der Waals surface area (Å²) in [5.41, 5.74) is 7.12. The molecule has 4 aliphatic rings. The molecule has 4 aliphatic carbocycles. The molecule has 2 aromatic rings. The molecule has 4 saturated carbocycles. The van der Waals surface area contributed by atoms with Crippen molar-refractivity contribution in [1.82, 2.24) is 20.2 Å². The number of nitrogens with zero attached hydrogens (tertiary/aromatic N) is 4. The molecule has 0 unspecified atom stereocenters. The third-order valence-corrected chi connectivity index (χ3v) is 8.36. The molecule has 2 heterocycles. The van der Waals surface area contributed by atoms with Crippen LogP contribution >= 0.6 is 15.9 Å². The average Bonchev–Trinajstić information content (AvgIpc) is 2.90. The molecule has 7 heteroatoms. The van der Waals surface area contributed by atoms with Crippen molar-refractivity contribution in [3.05, 3.63) is 23.0 Å². The Balaban J connectivity index is 1.35. The van der Waals surface area contributed by atoms with Gasteiger partial charge in [-0.25, -0.2) is 10.4 Å². The van der Waals surface area contributed by atoms with Crippen LogP contribution < -0.4 is 5.43 Å². The zero-order chi connectivity index (χ0) is 21.3. The van der Waals surface area contributed by atoms with Gasteiger partial charge in [-0.15, -0.1) is 0 Å². The van der Waals surface area contributed by atoms with E-state index in [0.29, 0.717) is 15.3 Å². The maximum atomic E-state index is 13.0. The van der Waals surface area contributed by atoms with Crippen molar-refractivity contribution in [1.29, 1.82) is 0 Å². The minimum atomic E-state index is -0.191. The van der Waals surface area contributed by atoms with Crippen LogP contribution in [-0.4, -0.2) is 30.7 Å². The number of hydrazone groups is 1. The smallest absolute Gasteiger partial charge is 0.267 e. The van der Waals surface area contributed by atoms with Gasteiger partial charge in [0.1, 0.15) is 0 Å². The summed E-state index contributed by atoms with van der Waals surface area (Å²) in [4.78, 5) is 17.5. The van der Waals surface area contributed by atoms with Crippen molar-refractivity contribution in [2.75, 3.05) is 0 Å². The van der Waals surface area contributed by atoms with E-state index in [-0.39, 0.29) is 5.91 Å². The van der Waals surface area contributed by atoms with Crippen LogP contribution in [0.25, 0.3) is 11.0 Å². The van der Waals surface area contributed by atoms with Crippen molar-refractivity contribution in [2.45, 2.75) is 70.0 Å². The van der Waals surface area contributed by atoms with E-state index in [1.165, 1.54) is 38.5 Å². The van der Waals surface area contributed by atoms with Gasteiger partial charge in [0.05, 0.1) is 16.6 Å². The number of carbonyl (C=O) groups is 1. The normalized spacial score (nSPS) is 32.8. The molecule has 6 rings (SSSR count). The largest absolute Gasteiger partial charge is 0.272 e. The van der Waals surface area contributed by atoms with Gasteiger partial charge in [-0.1, -0.05) is 15.9 Å². The fourth-order valence-corrected chi connectivity index (χ4v) is 8.59. The number of hydrogen-bond acceptors (Lipinski definition) is 4. The van der Waals surface area contributed by atoms with Gasteiger partial charge >= 0.3 is 0 Å². The van der Waals surface area contributed by atoms with E-state index in [9.17, 15) is 4.79 Å². The van der Waals surface area contributed by atoms with E-state index in [4.69, 9.17) is 0 Å². The highest BCUT2D eigenvalue weighted by molar-refractivity contribution is 9.10. The minimum absolute atomic E-state index is 0.191. The first-order valence-corrected chi connectivity index (χ1v) is 11.8. The van der Waals surface area contributed by atoms with Crippen LogP contribution in [-0.2, 0) is 7.05 Å². The van der Waals surface area contributed by atoms with E-state index in [2.05, 4.69) is 43.5 Å². The number of halogens is 1. The van der Waals surface area contributed by atoms with Crippen LogP contribution in [0.4, 0.5) is 0 Å². The molecule has 1 amide bonds. The number of nitrogens with one attached hydrogen (secondary N) is 1. The Bertz CT molecular complexity index is 1060. The average molecular weight is 472 g/mol. The van der Waals surface area contributed by atoms with Gasteiger partial charge in [-0.05, 0) is 89.0 Å². The maximum Gasteiger partial charge on any atom is 0.272 e. The molecule has 6 nitrogen and oxygen atoms in total. The van der Waals surface area contributed by atoms with Crippen LogP contribution in [0.5, 0.6) is 0 Å². The molecule has 30 heavy (non-hydrogen) atoms. The predicted molar refractivity (Wildman–Crippen MR) is 122 cm³/mol. The van der Waals surface area contributed by atoms with Crippen LogP contribution in [0.3, 0.4) is 0 Å². The molecule has 4 bridgehead atoms. The highest BCUT2D eigenvalue weighted by Gasteiger charge is 2.56. The van der Waals surface area contributed by atoms with Crippen LogP contribution in [0, 0.1) is 31.1 Å². The Morgan fingerprint density at radius 1 is 1.30 bits per heavy atom. The van der Waals surface area contributed by atoms with Crippen molar-refractivity contribution in [3.8, 4) is 0 Å². The quantitative estimate of drug-likeness (QED) is 0.394. The van der Waals surface area contributed by atoms with Gasteiger partial charge in [0.2, 0.25) is 0 Å². The lowest BCUT2D eigenvalue weighted by molar-refractivity contribution is -0.0303. The molecule has 0 radical (unpaired) electrons. The highest BCUT2D eigenvalue weighted by Crippen LogP contribution is 2.65. The third-order valence-electron chi connectivity index (χ3n) is 7.43. The summed E-state index contributed by atoms with van der Waals surface area (Å²) in [6.07, 6.45) is 8.93. The van der Waals surface area contributed by atoms with E-state index >= 15 is 0 Å². The number of alkyl halides is 1. The van der Waals surface area contributed by atoms with E-state index in [1.54, 1.807) is 4.68 Å². The summed E-state index contributed by atoms with van der Waals surface area (Å²) in [5.74, 6) is 1.52.